The molecule has 1 aromatic heterocycles. The molecule has 31 heavy (non-hydrogen) atoms. The van der Waals surface area contributed by atoms with Crippen molar-refractivity contribution in [2.45, 2.75) is 0 Å². The number of hydrogen-bond donors (Lipinski definition) is 4. The Labute approximate surface area is 188 Å². The van der Waals surface area contributed by atoms with Crippen LogP contribution in [0.5, 0.6) is 0 Å². The first kappa shape index (κ1) is 22.9. The summed E-state index contributed by atoms with van der Waals surface area (Å²) in [6, 6.07) is 9.44. The third kappa shape index (κ3) is 5.88. The second-order valence-electron chi connectivity index (χ2n) is 7.73. The van der Waals surface area contributed by atoms with Crippen molar-refractivity contribution in [3.8, 4) is 0 Å². The molecule has 0 radical (unpaired) electrons. The van der Waals surface area contributed by atoms with Crippen LogP contribution in [0.2, 0.25) is 0 Å². The largest absolute Gasteiger partial charge is 0.397 e. The number of nitrogens with one attached hydrogen (secondary N) is 2. The van der Waals surface area contributed by atoms with E-state index in [2.05, 4.69) is 27.3 Å². The van der Waals surface area contributed by atoms with Crippen LogP contribution in [0.15, 0.2) is 59.2 Å². The average Bonchev–Trinajstić information content (AvgIpc) is 3.21. The van der Waals surface area contributed by atoms with Crippen molar-refractivity contribution >= 4 is 23.0 Å². The Morgan fingerprint density at radius 1 is 1.10 bits per heavy atom. The third-order valence-electron chi connectivity index (χ3n) is 5.39. The molecular formula is C22H31ClN8. The molecule has 1 aromatic carbocycles. The summed E-state index contributed by atoms with van der Waals surface area (Å²) in [5.74, 6) is 0.326. The molecule has 2 aromatic rings. The lowest BCUT2D eigenvalue weighted by Gasteiger charge is -2.32. The Balaban J connectivity index is 1.84. The molecule has 1 aliphatic heterocycles. The van der Waals surface area contributed by atoms with Gasteiger partial charge in [0.15, 0.2) is 0 Å². The van der Waals surface area contributed by atoms with E-state index in [0.717, 1.165) is 38.3 Å². The van der Waals surface area contributed by atoms with E-state index in [-0.39, 0.29) is 10.7 Å². The molecule has 8 nitrogen and oxygen atoms in total. The summed E-state index contributed by atoms with van der Waals surface area (Å²) in [5, 5.41) is 16.4. The fourth-order valence-electron chi connectivity index (χ4n) is 3.44. The fraction of sp³-hybridized carbons (Fsp3) is 0.364. The molecule has 1 aliphatic rings. The fourth-order valence-corrected chi connectivity index (χ4v) is 3.75. The summed E-state index contributed by atoms with van der Waals surface area (Å²) in [6.07, 6.45) is 3.37. The van der Waals surface area contributed by atoms with Crippen LogP contribution >= 0.6 is 11.6 Å². The van der Waals surface area contributed by atoms with Crippen molar-refractivity contribution in [3.63, 3.8) is 0 Å². The highest BCUT2D eigenvalue weighted by Crippen LogP contribution is 2.27. The highest BCUT2D eigenvalue weighted by atomic mass is 35.5. The third-order valence-corrected chi connectivity index (χ3v) is 5.79. The van der Waals surface area contributed by atoms with Gasteiger partial charge in [-0.05, 0) is 12.6 Å². The molecule has 0 atom stereocenters. The van der Waals surface area contributed by atoms with Gasteiger partial charge in [0.2, 0.25) is 0 Å². The van der Waals surface area contributed by atoms with E-state index in [4.69, 9.17) is 28.5 Å². The highest BCUT2D eigenvalue weighted by Gasteiger charge is 2.21. The van der Waals surface area contributed by atoms with Crippen LogP contribution in [0.4, 0.5) is 0 Å². The summed E-state index contributed by atoms with van der Waals surface area (Å²) >= 11 is 6.71. The standard InChI is InChI=1S/C22H31ClN8/c1-29-10-12-31(13-11-29)9-8-27-22(26)18(20(24)17-14-28-30(2)15-17)19(23)21(25)16-6-4-3-5-7-16/h3-7,14-15,24,27H,8-13,25-26H2,1-2H3/b21-19+,22-18-,24-20?. The molecule has 1 fully saturated rings. The SMILES string of the molecule is CN1CCN(CCN/C(N)=C(C(=N)c2cnn(C)c2)/C(Cl)=C(\N)c2ccccc2)CC1. The molecule has 0 unspecified atom stereocenters. The van der Waals surface area contributed by atoms with E-state index in [0.29, 0.717) is 29.2 Å². The van der Waals surface area contributed by atoms with E-state index < -0.39 is 0 Å². The van der Waals surface area contributed by atoms with Gasteiger partial charge in [0.1, 0.15) is 5.82 Å². The van der Waals surface area contributed by atoms with Crippen molar-refractivity contribution in [3.05, 3.63) is 70.3 Å². The van der Waals surface area contributed by atoms with E-state index >= 15 is 0 Å². The molecular weight excluding hydrogens is 412 g/mol. The zero-order valence-electron chi connectivity index (χ0n) is 18.1. The van der Waals surface area contributed by atoms with Crippen molar-refractivity contribution in [2.75, 3.05) is 46.3 Å². The number of aryl methyl sites for hydroxylation is 1. The van der Waals surface area contributed by atoms with Crippen molar-refractivity contribution in [1.82, 2.24) is 24.9 Å². The second kappa shape index (κ2) is 10.5. The predicted molar refractivity (Wildman–Crippen MR) is 127 cm³/mol. The van der Waals surface area contributed by atoms with Crippen molar-refractivity contribution in [2.24, 2.45) is 18.5 Å². The number of halogens is 1. The normalized spacial score (nSPS) is 17.1. The Bertz CT molecular complexity index is 955. The maximum Gasteiger partial charge on any atom is 0.107 e. The minimum absolute atomic E-state index is 0.168. The molecule has 0 saturated carbocycles. The molecule has 166 valence electrons. The summed E-state index contributed by atoms with van der Waals surface area (Å²) in [5.41, 5.74) is 15.1. The van der Waals surface area contributed by atoms with Crippen molar-refractivity contribution < 1.29 is 0 Å². The molecule has 0 bridgehead atoms. The molecule has 0 aliphatic carbocycles. The number of hydrogen-bond acceptors (Lipinski definition) is 7. The second-order valence-corrected chi connectivity index (χ2v) is 8.11. The lowest BCUT2D eigenvalue weighted by atomic mass is 10.0. The zero-order valence-corrected chi connectivity index (χ0v) is 18.9. The van der Waals surface area contributed by atoms with E-state index in [1.165, 1.54) is 0 Å². The van der Waals surface area contributed by atoms with Gasteiger partial charge in [0, 0.05) is 58.1 Å². The van der Waals surface area contributed by atoms with Gasteiger partial charge in [0.05, 0.1) is 28.2 Å². The minimum Gasteiger partial charge on any atom is -0.397 e. The van der Waals surface area contributed by atoms with Crippen LogP contribution in [0.3, 0.4) is 0 Å². The number of aromatic nitrogens is 2. The van der Waals surface area contributed by atoms with Crippen LogP contribution in [0.1, 0.15) is 11.1 Å². The van der Waals surface area contributed by atoms with Gasteiger partial charge in [-0.25, -0.2) is 0 Å². The summed E-state index contributed by atoms with van der Waals surface area (Å²) < 4.78 is 1.64. The van der Waals surface area contributed by atoms with Crippen LogP contribution in [0.25, 0.3) is 5.70 Å². The van der Waals surface area contributed by atoms with E-state index in [9.17, 15) is 0 Å². The van der Waals surface area contributed by atoms with Gasteiger partial charge in [-0.3, -0.25) is 15.0 Å². The lowest BCUT2D eigenvalue weighted by Crippen LogP contribution is -2.46. The van der Waals surface area contributed by atoms with Gasteiger partial charge in [-0.1, -0.05) is 41.9 Å². The lowest BCUT2D eigenvalue weighted by molar-refractivity contribution is 0.155. The maximum absolute atomic E-state index is 8.75. The van der Waals surface area contributed by atoms with Crippen LogP contribution in [-0.4, -0.2) is 71.6 Å². The molecule has 9 heteroatoms. The molecule has 6 N–H and O–H groups in total. The number of piperazine rings is 1. The topological polar surface area (TPSA) is 112 Å². The quantitative estimate of drug-likeness (QED) is 0.363. The van der Waals surface area contributed by atoms with Gasteiger partial charge in [-0.15, -0.1) is 0 Å². The molecule has 0 amide bonds. The van der Waals surface area contributed by atoms with Gasteiger partial charge in [0.25, 0.3) is 0 Å². The Kier molecular flexibility index (Phi) is 7.73. The van der Waals surface area contributed by atoms with E-state index in [1.807, 2.05) is 30.3 Å². The molecule has 1 saturated heterocycles. The monoisotopic (exact) mass is 442 g/mol. The smallest absolute Gasteiger partial charge is 0.107 e. The number of nitrogens with zero attached hydrogens (tertiary/aromatic N) is 4. The first-order valence-corrected chi connectivity index (χ1v) is 10.7. The van der Waals surface area contributed by atoms with Crippen LogP contribution < -0.4 is 16.8 Å². The molecule has 3 rings (SSSR count). The summed E-state index contributed by atoms with van der Waals surface area (Å²) in [6.45, 7) is 5.69. The Morgan fingerprint density at radius 2 is 1.77 bits per heavy atom. The Morgan fingerprint density at radius 3 is 2.39 bits per heavy atom. The first-order valence-electron chi connectivity index (χ1n) is 10.3. The Hall–Kier alpha value is -2.81. The number of benzene rings is 1. The number of nitrogens with two attached hydrogens (primary N) is 2. The zero-order chi connectivity index (χ0) is 22.4. The maximum atomic E-state index is 8.75. The predicted octanol–water partition coefficient (Wildman–Crippen LogP) is 1.36. The van der Waals surface area contributed by atoms with E-state index in [1.54, 1.807) is 24.1 Å². The van der Waals surface area contributed by atoms with Gasteiger partial charge >= 0.3 is 0 Å². The number of allylic oxidation sites excluding steroid dienone is 2. The van der Waals surface area contributed by atoms with Gasteiger partial charge < -0.3 is 21.7 Å². The molecule has 0 spiro atoms. The molecule has 2 heterocycles. The summed E-state index contributed by atoms with van der Waals surface area (Å²) in [4.78, 5) is 4.71. The summed E-state index contributed by atoms with van der Waals surface area (Å²) in [7, 11) is 3.94. The minimum atomic E-state index is 0.168. The van der Waals surface area contributed by atoms with Crippen LogP contribution in [0, 0.1) is 5.41 Å². The number of rotatable bonds is 8. The first-order chi connectivity index (χ1) is 14.9. The van der Waals surface area contributed by atoms with Gasteiger partial charge in [-0.2, -0.15) is 5.10 Å². The number of likely N-dealkylation sites (N-methyl/N-ethyl adjacent to an activating group) is 1. The van der Waals surface area contributed by atoms with Crippen molar-refractivity contribution in [1.29, 1.82) is 5.41 Å². The van der Waals surface area contributed by atoms with Crippen LogP contribution in [-0.2, 0) is 7.05 Å². The highest BCUT2D eigenvalue weighted by molar-refractivity contribution is 6.39. The average molecular weight is 443 g/mol.